The topological polar surface area (TPSA) is 72.5 Å². The van der Waals surface area contributed by atoms with Crippen molar-refractivity contribution in [1.29, 1.82) is 0 Å². The molecule has 0 saturated heterocycles. The third-order valence-corrected chi connectivity index (χ3v) is 2.23. The second-order valence-corrected chi connectivity index (χ2v) is 3.47. The Kier molecular flexibility index (Phi) is 2.96. The van der Waals surface area contributed by atoms with Gasteiger partial charge in [0.05, 0.1) is 11.3 Å². The van der Waals surface area contributed by atoms with E-state index in [0.29, 0.717) is 17.2 Å². The maximum absolute atomic E-state index is 10.8. The van der Waals surface area contributed by atoms with E-state index in [1.807, 2.05) is 0 Å². The van der Waals surface area contributed by atoms with Gasteiger partial charge in [0.2, 0.25) is 0 Å². The monoisotopic (exact) mass is 229 g/mol. The van der Waals surface area contributed by atoms with Crippen LogP contribution in [0.5, 0.6) is 11.5 Å². The van der Waals surface area contributed by atoms with Gasteiger partial charge in [0.25, 0.3) is 0 Å². The Labute approximate surface area is 98.3 Å². The number of carboxylic acid groups (broad SMARTS) is 1. The number of anilines is 1. The molecular formula is C13H11NO3. The molecule has 0 amide bonds. The van der Waals surface area contributed by atoms with Crippen molar-refractivity contribution in [1.82, 2.24) is 0 Å². The number of carbonyl (C=O) groups is 1. The van der Waals surface area contributed by atoms with Crippen molar-refractivity contribution in [2.75, 3.05) is 5.73 Å². The van der Waals surface area contributed by atoms with E-state index in [-0.39, 0.29) is 5.56 Å². The van der Waals surface area contributed by atoms with Crippen molar-refractivity contribution in [2.24, 2.45) is 0 Å². The maximum atomic E-state index is 10.8. The zero-order valence-electron chi connectivity index (χ0n) is 8.96. The largest absolute Gasteiger partial charge is 0.478 e. The van der Waals surface area contributed by atoms with Crippen molar-refractivity contribution in [2.45, 2.75) is 0 Å². The van der Waals surface area contributed by atoms with E-state index >= 15 is 0 Å². The second kappa shape index (κ2) is 4.57. The number of para-hydroxylation sites is 2. The summed E-state index contributed by atoms with van der Waals surface area (Å²) in [6.45, 7) is 0. The lowest BCUT2D eigenvalue weighted by Crippen LogP contribution is -1.97. The SMILES string of the molecule is Nc1ccccc1Oc1cccc(C(=O)O)c1. The van der Waals surface area contributed by atoms with Gasteiger partial charge in [-0.15, -0.1) is 0 Å². The minimum Gasteiger partial charge on any atom is -0.478 e. The Morgan fingerprint density at radius 2 is 1.88 bits per heavy atom. The van der Waals surface area contributed by atoms with E-state index < -0.39 is 5.97 Å². The van der Waals surface area contributed by atoms with E-state index in [1.165, 1.54) is 12.1 Å². The van der Waals surface area contributed by atoms with Gasteiger partial charge in [0, 0.05) is 0 Å². The Balaban J connectivity index is 2.28. The first-order valence-corrected chi connectivity index (χ1v) is 5.02. The van der Waals surface area contributed by atoms with Gasteiger partial charge in [-0.05, 0) is 30.3 Å². The summed E-state index contributed by atoms with van der Waals surface area (Å²) in [7, 11) is 0. The normalized spacial score (nSPS) is 9.88. The van der Waals surface area contributed by atoms with E-state index in [1.54, 1.807) is 36.4 Å². The molecule has 4 heteroatoms. The van der Waals surface area contributed by atoms with Crippen LogP contribution in [0.25, 0.3) is 0 Å². The molecule has 4 nitrogen and oxygen atoms in total. The predicted molar refractivity (Wildman–Crippen MR) is 64.3 cm³/mol. The summed E-state index contributed by atoms with van der Waals surface area (Å²) in [6.07, 6.45) is 0. The molecule has 0 heterocycles. The number of nitrogen functional groups attached to an aromatic ring is 1. The number of nitrogens with two attached hydrogens (primary N) is 1. The minimum atomic E-state index is -0.989. The van der Waals surface area contributed by atoms with Crippen LogP contribution >= 0.6 is 0 Å². The highest BCUT2D eigenvalue weighted by atomic mass is 16.5. The van der Waals surface area contributed by atoms with Crippen LogP contribution in [0.2, 0.25) is 0 Å². The molecule has 17 heavy (non-hydrogen) atoms. The summed E-state index contributed by atoms with van der Waals surface area (Å²) >= 11 is 0. The van der Waals surface area contributed by atoms with Gasteiger partial charge in [0.1, 0.15) is 11.5 Å². The summed E-state index contributed by atoms with van der Waals surface area (Å²) in [5, 5.41) is 8.85. The van der Waals surface area contributed by atoms with Crippen LogP contribution in [0.4, 0.5) is 5.69 Å². The van der Waals surface area contributed by atoms with Gasteiger partial charge in [-0.25, -0.2) is 4.79 Å². The third kappa shape index (κ3) is 2.55. The van der Waals surface area contributed by atoms with Crippen molar-refractivity contribution >= 4 is 11.7 Å². The van der Waals surface area contributed by atoms with Crippen LogP contribution in [0, 0.1) is 0 Å². The molecule has 0 bridgehead atoms. The molecule has 0 unspecified atom stereocenters. The smallest absolute Gasteiger partial charge is 0.335 e. The van der Waals surface area contributed by atoms with Crippen molar-refractivity contribution < 1.29 is 14.6 Å². The van der Waals surface area contributed by atoms with Gasteiger partial charge in [-0.1, -0.05) is 18.2 Å². The summed E-state index contributed by atoms with van der Waals surface area (Å²) in [5.74, 6) is -0.0330. The lowest BCUT2D eigenvalue weighted by Gasteiger charge is -2.08. The average molecular weight is 229 g/mol. The molecule has 0 aromatic heterocycles. The Morgan fingerprint density at radius 1 is 1.12 bits per heavy atom. The van der Waals surface area contributed by atoms with Gasteiger partial charge in [-0.3, -0.25) is 0 Å². The fourth-order valence-electron chi connectivity index (χ4n) is 1.39. The second-order valence-electron chi connectivity index (χ2n) is 3.47. The van der Waals surface area contributed by atoms with E-state index in [2.05, 4.69) is 0 Å². The Morgan fingerprint density at radius 3 is 2.59 bits per heavy atom. The zero-order chi connectivity index (χ0) is 12.3. The molecule has 0 saturated carbocycles. The highest BCUT2D eigenvalue weighted by molar-refractivity contribution is 5.88. The first kappa shape index (κ1) is 11.0. The molecule has 0 fully saturated rings. The average Bonchev–Trinajstić information content (AvgIpc) is 2.32. The molecule has 2 rings (SSSR count). The highest BCUT2D eigenvalue weighted by Gasteiger charge is 2.05. The first-order chi connectivity index (χ1) is 8.16. The maximum Gasteiger partial charge on any atom is 0.335 e. The number of carboxylic acids is 1. The number of ether oxygens (including phenoxy) is 1. The molecule has 0 aliphatic rings. The number of aromatic carboxylic acids is 1. The van der Waals surface area contributed by atoms with Gasteiger partial charge in [0.15, 0.2) is 0 Å². The van der Waals surface area contributed by atoms with Crippen molar-refractivity contribution in [3.05, 3.63) is 54.1 Å². The van der Waals surface area contributed by atoms with Crippen LogP contribution in [0.3, 0.4) is 0 Å². The van der Waals surface area contributed by atoms with Crippen LogP contribution < -0.4 is 10.5 Å². The molecule has 3 N–H and O–H groups in total. The summed E-state index contributed by atoms with van der Waals surface area (Å²) in [5.41, 5.74) is 6.41. The lowest BCUT2D eigenvalue weighted by molar-refractivity contribution is 0.0696. The summed E-state index contributed by atoms with van der Waals surface area (Å²) in [6, 6.07) is 13.3. The molecule has 0 atom stereocenters. The lowest BCUT2D eigenvalue weighted by atomic mass is 10.2. The summed E-state index contributed by atoms with van der Waals surface area (Å²) < 4.78 is 5.51. The minimum absolute atomic E-state index is 0.178. The molecule has 0 spiro atoms. The molecule has 2 aromatic carbocycles. The molecule has 0 radical (unpaired) electrons. The molecule has 2 aromatic rings. The van der Waals surface area contributed by atoms with Crippen LogP contribution in [0.15, 0.2) is 48.5 Å². The van der Waals surface area contributed by atoms with Crippen LogP contribution in [0.1, 0.15) is 10.4 Å². The van der Waals surface area contributed by atoms with Gasteiger partial charge < -0.3 is 15.6 Å². The van der Waals surface area contributed by atoms with Gasteiger partial charge in [-0.2, -0.15) is 0 Å². The van der Waals surface area contributed by atoms with E-state index in [4.69, 9.17) is 15.6 Å². The number of hydrogen-bond donors (Lipinski definition) is 2. The molecule has 86 valence electrons. The quantitative estimate of drug-likeness (QED) is 0.794. The number of rotatable bonds is 3. The molecule has 0 aliphatic heterocycles. The Hall–Kier alpha value is -2.49. The van der Waals surface area contributed by atoms with Crippen molar-refractivity contribution in [3.8, 4) is 11.5 Å². The fraction of sp³-hybridized carbons (Fsp3) is 0. The third-order valence-electron chi connectivity index (χ3n) is 2.23. The predicted octanol–water partition coefficient (Wildman–Crippen LogP) is 2.76. The zero-order valence-corrected chi connectivity index (χ0v) is 8.96. The fourth-order valence-corrected chi connectivity index (χ4v) is 1.39. The van der Waals surface area contributed by atoms with Crippen LogP contribution in [-0.4, -0.2) is 11.1 Å². The number of benzene rings is 2. The van der Waals surface area contributed by atoms with E-state index in [9.17, 15) is 4.79 Å². The van der Waals surface area contributed by atoms with Crippen LogP contribution in [-0.2, 0) is 0 Å². The standard InChI is InChI=1S/C13H11NO3/c14-11-6-1-2-7-12(11)17-10-5-3-4-9(8-10)13(15)16/h1-8H,14H2,(H,15,16). The van der Waals surface area contributed by atoms with Crippen molar-refractivity contribution in [3.63, 3.8) is 0 Å². The first-order valence-electron chi connectivity index (χ1n) is 5.02. The number of hydrogen-bond acceptors (Lipinski definition) is 3. The molecule has 0 aliphatic carbocycles. The Bertz CT molecular complexity index is 552. The highest BCUT2D eigenvalue weighted by Crippen LogP contribution is 2.27. The summed E-state index contributed by atoms with van der Waals surface area (Å²) in [4.78, 5) is 10.8. The molecular weight excluding hydrogens is 218 g/mol. The van der Waals surface area contributed by atoms with E-state index in [0.717, 1.165) is 0 Å². The van der Waals surface area contributed by atoms with Gasteiger partial charge >= 0.3 is 5.97 Å².